The number of aromatic nitrogens is 3. The fourth-order valence-corrected chi connectivity index (χ4v) is 3.46. The second kappa shape index (κ2) is 8.49. The highest BCUT2D eigenvalue weighted by atomic mass is 32.2. The van der Waals surface area contributed by atoms with Gasteiger partial charge in [0.1, 0.15) is 5.82 Å². The molecule has 0 saturated heterocycles. The molecule has 132 valence electrons. The summed E-state index contributed by atoms with van der Waals surface area (Å²) in [7, 11) is 0. The molecule has 1 aromatic heterocycles. The maximum absolute atomic E-state index is 10.9. The van der Waals surface area contributed by atoms with Gasteiger partial charge in [-0.1, -0.05) is 60.3 Å². The van der Waals surface area contributed by atoms with Crippen LogP contribution in [0, 0.1) is 0 Å². The van der Waals surface area contributed by atoms with Gasteiger partial charge in [-0.05, 0) is 23.3 Å². The molecular weight excluding hydrogens is 346 g/mol. The van der Waals surface area contributed by atoms with Crippen LogP contribution in [0.3, 0.4) is 0 Å². The number of carboxylic acid groups (broad SMARTS) is 1. The zero-order chi connectivity index (χ0) is 18.4. The van der Waals surface area contributed by atoms with Gasteiger partial charge in [-0.25, -0.2) is 4.79 Å². The van der Waals surface area contributed by atoms with Crippen molar-refractivity contribution in [1.29, 1.82) is 0 Å². The predicted molar refractivity (Wildman–Crippen MR) is 102 cm³/mol. The molecule has 0 radical (unpaired) electrons. The van der Waals surface area contributed by atoms with Gasteiger partial charge in [0.15, 0.2) is 5.16 Å². The fraction of sp³-hybridized carbons (Fsp3) is 0.150. The third kappa shape index (κ3) is 4.40. The van der Waals surface area contributed by atoms with Crippen molar-refractivity contribution in [3.8, 4) is 0 Å². The second-order valence-electron chi connectivity index (χ2n) is 5.75. The number of carboxylic acids is 1. The summed E-state index contributed by atoms with van der Waals surface area (Å²) in [4.78, 5) is 10.9. The van der Waals surface area contributed by atoms with Gasteiger partial charge >= 0.3 is 5.97 Å². The summed E-state index contributed by atoms with van der Waals surface area (Å²) < 4.78 is 2.07. The molecule has 5 nitrogen and oxygen atoms in total. The number of allylic oxidation sites excluding steroid dienone is 1. The fourth-order valence-electron chi connectivity index (χ4n) is 2.54. The summed E-state index contributed by atoms with van der Waals surface area (Å²) in [5.41, 5.74) is 2.52. The quantitative estimate of drug-likeness (QED) is 0.482. The monoisotopic (exact) mass is 365 g/mol. The van der Waals surface area contributed by atoms with Crippen molar-refractivity contribution in [1.82, 2.24) is 14.8 Å². The van der Waals surface area contributed by atoms with E-state index in [1.165, 1.54) is 5.56 Å². The van der Waals surface area contributed by atoms with Crippen LogP contribution in [0.25, 0.3) is 0 Å². The van der Waals surface area contributed by atoms with Crippen LogP contribution >= 0.6 is 11.8 Å². The lowest BCUT2D eigenvalue weighted by Gasteiger charge is -2.08. The smallest absolute Gasteiger partial charge is 0.335 e. The largest absolute Gasteiger partial charge is 0.478 e. The van der Waals surface area contributed by atoms with E-state index in [1.807, 2.05) is 36.4 Å². The van der Waals surface area contributed by atoms with Crippen molar-refractivity contribution in [2.24, 2.45) is 0 Å². The summed E-state index contributed by atoms with van der Waals surface area (Å²) in [5, 5.41) is 18.5. The number of rotatable bonds is 8. The number of carbonyl (C=O) groups is 1. The molecule has 0 amide bonds. The van der Waals surface area contributed by atoms with Gasteiger partial charge in [-0.15, -0.1) is 16.8 Å². The highest BCUT2D eigenvalue weighted by Crippen LogP contribution is 2.23. The topological polar surface area (TPSA) is 68.0 Å². The molecule has 6 heteroatoms. The van der Waals surface area contributed by atoms with Gasteiger partial charge in [0.2, 0.25) is 0 Å². The molecule has 0 atom stereocenters. The first kappa shape index (κ1) is 17.9. The molecule has 3 aromatic rings. The van der Waals surface area contributed by atoms with E-state index < -0.39 is 5.97 Å². The third-order valence-corrected chi connectivity index (χ3v) is 4.92. The molecule has 1 heterocycles. The predicted octanol–water partition coefficient (Wildman–Crippen LogP) is 4.05. The first-order valence-corrected chi connectivity index (χ1v) is 9.18. The standard InChI is InChI=1S/C20H19N3O2S/c1-2-12-23-18(13-15-6-4-3-5-7-15)21-22-20(23)26-14-16-8-10-17(11-9-16)19(24)25/h2-11H,1,12-14H2,(H,24,25). The first-order valence-electron chi connectivity index (χ1n) is 8.19. The number of aromatic carboxylic acids is 1. The van der Waals surface area contributed by atoms with Crippen LogP contribution in [0.15, 0.2) is 72.4 Å². The van der Waals surface area contributed by atoms with Gasteiger partial charge in [0.05, 0.1) is 5.56 Å². The second-order valence-corrected chi connectivity index (χ2v) is 6.69. The van der Waals surface area contributed by atoms with Crippen LogP contribution in [-0.4, -0.2) is 25.8 Å². The van der Waals surface area contributed by atoms with Gasteiger partial charge < -0.3 is 9.67 Å². The summed E-state index contributed by atoms with van der Waals surface area (Å²) in [5.74, 6) is 0.681. The molecule has 0 bridgehead atoms. The Hall–Kier alpha value is -2.86. The van der Waals surface area contributed by atoms with Crippen LogP contribution in [0.2, 0.25) is 0 Å². The Bertz CT molecular complexity index is 889. The van der Waals surface area contributed by atoms with E-state index in [-0.39, 0.29) is 0 Å². The van der Waals surface area contributed by atoms with Crippen LogP contribution < -0.4 is 0 Å². The van der Waals surface area contributed by atoms with Crippen molar-refractivity contribution in [2.75, 3.05) is 0 Å². The zero-order valence-electron chi connectivity index (χ0n) is 14.2. The summed E-state index contributed by atoms with van der Waals surface area (Å²) >= 11 is 1.58. The van der Waals surface area contributed by atoms with Gasteiger partial charge in [-0.2, -0.15) is 0 Å². The highest BCUT2D eigenvalue weighted by molar-refractivity contribution is 7.98. The number of hydrogen-bond donors (Lipinski definition) is 1. The molecular formula is C20H19N3O2S. The Morgan fingerprint density at radius 2 is 1.81 bits per heavy atom. The first-order chi connectivity index (χ1) is 12.7. The van der Waals surface area contributed by atoms with Gasteiger partial charge in [0, 0.05) is 18.7 Å². The van der Waals surface area contributed by atoms with E-state index >= 15 is 0 Å². The van der Waals surface area contributed by atoms with E-state index in [1.54, 1.807) is 23.9 Å². The van der Waals surface area contributed by atoms with Crippen molar-refractivity contribution >= 4 is 17.7 Å². The Morgan fingerprint density at radius 1 is 1.08 bits per heavy atom. The average Bonchev–Trinajstić information content (AvgIpc) is 3.03. The number of nitrogens with zero attached hydrogens (tertiary/aromatic N) is 3. The molecule has 0 unspecified atom stereocenters. The van der Waals surface area contributed by atoms with Crippen molar-refractivity contribution in [3.63, 3.8) is 0 Å². The lowest BCUT2D eigenvalue weighted by Crippen LogP contribution is -2.04. The zero-order valence-corrected chi connectivity index (χ0v) is 15.0. The van der Waals surface area contributed by atoms with E-state index in [2.05, 4.69) is 33.5 Å². The Kier molecular flexibility index (Phi) is 5.86. The van der Waals surface area contributed by atoms with E-state index in [9.17, 15) is 4.79 Å². The maximum atomic E-state index is 10.9. The average molecular weight is 365 g/mol. The molecule has 0 fully saturated rings. The molecule has 0 aliphatic rings. The molecule has 2 aromatic carbocycles. The van der Waals surface area contributed by atoms with Crippen molar-refractivity contribution in [3.05, 3.63) is 89.8 Å². The minimum absolute atomic E-state index is 0.290. The van der Waals surface area contributed by atoms with Gasteiger partial charge in [0.25, 0.3) is 0 Å². The lowest BCUT2D eigenvalue weighted by atomic mass is 10.1. The molecule has 1 N–H and O–H groups in total. The molecule has 0 saturated carbocycles. The Labute approximate surface area is 156 Å². The lowest BCUT2D eigenvalue weighted by molar-refractivity contribution is 0.0697. The van der Waals surface area contributed by atoms with Crippen LogP contribution in [-0.2, 0) is 18.7 Å². The van der Waals surface area contributed by atoms with E-state index in [0.717, 1.165) is 23.0 Å². The number of hydrogen-bond acceptors (Lipinski definition) is 4. The molecule has 26 heavy (non-hydrogen) atoms. The SMILES string of the molecule is C=CCn1c(Cc2ccccc2)nnc1SCc1ccc(C(=O)O)cc1. The van der Waals surface area contributed by atoms with Crippen LogP contribution in [0.1, 0.15) is 27.3 Å². The minimum Gasteiger partial charge on any atom is -0.478 e. The van der Waals surface area contributed by atoms with E-state index in [4.69, 9.17) is 5.11 Å². The number of thioether (sulfide) groups is 1. The van der Waals surface area contributed by atoms with Crippen LogP contribution in [0.5, 0.6) is 0 Å². The van der Waals surface area contributed by atoms with Crippen molar-refractivity contribution < 1.29 is 9.90 Å². The minimum atomic E-state index is -0.916. The maximum Gasteiger partial charge on any atom is 0.335 e. The highest BCUT2D eigenvalue weighted by Gasteiger charge is 2.12. The number of benzene rings is 2. The molecule has 0 aliphatic carbocycles. The normalized spacial score (nSPS) is 10.6. The molecule has 3 rings (SSSR count). The van der Waals surface area contributed by atoms with Crippen LogP contribution in [0.4, 0.5) is 0 Å². The molecule has 0 spiro atoms. The summed E-state index contributed by atoms with van der Waals surface area (Å²) in [6.07, 6.45) is 2.55. The summed E-state index contributed by atoms with van der Waals surface area (Å²) in [6.45, 7) is 4.48. The Balaban J connectivity index is 1.73. The van der Waals surface area contributed by atoms with E-state index in [0.29, 0.717) is 17.9 Å². The molecule has 0 aliphatic heterocycles. The third-order valence-electron chi connectivity index (χ3n) is 3.88. The van der Waals surface area contributed by atoms with Crippen molar-refractivity contribution in [2.45, 2.75) is 23.9 Å². The van der Waals surface area contributed by atoms with Gasteiger partial charge in [-0.3, -0.25) is 0 Å². The Morgan fingerprint density at radius 3 is 2.46 bits per heavy atom. The summed E-state index contributed by atoms with van der Waals surface area (Å²) in [6, 6.07) is 17.1.